The Kier molecular flexibility index (Phi) is 5.44. The van der Waals surface area contributed by atoms with Gasteiger partial charge in [0.05, 0.1) is 31.2 Å². The summed E-state index contributed by atoms with van der Waals surface area (Å²) >= 11 is 0. The highest BCUT2D eigenvalue weighted by Gasteiger charge is 2.31. The Labute approximate surface area is 206 Å². The fraction of sp³-hybridized carbons (Fsp3) is 0.185. The van der Waals surface area contributed by atoms with Crippen molar-refractivity contribution in [2.24, 2.45) is 0 Å². The van der Waals surface area contributed by atoms with Crippen LogP contribution in [0.2, 0.25) is 0 Å². The molecule has 5 heterocycles. The molecule has 0 radical (unpaired) electrons. The number of halogens is 1. The lowest BCUT2D eigenvalue weighted by Gasteiger charge is -2.26. The maximum Gasteiger partial charge on any atom is 0.218 e. The molecule has 4 aromatic heterocycles. The van der Waals surface area contributed by atoms with Crippen LogP contribution >= 0.6 is 0 Å². The van der Waals surface area contributed by atoms with Crippen LogP contribution in [0.15, 0.2) is 73.2 Å². The lowest BCUT2D eigenvalue weighted by Crippen LogP contribution is -2.25. The molecule has 1 aliphatic heterocycles. The zero-order valence-electron chi connectivity index (χ0n) is 19.5. The van der Waals surface area contributed by atoms with Crippen molar-refractivity contribution in [2.75, 3.05) is 18.6 Å². The number of pyridine rings is 2. The second kappa shape index (κ2) is 8.92. The van der Waals surface area contributed by atoms with E-state index in [1.807, 2.05) is 36.4 Å². The Morgan fingerprint density at radius 3 is 2.75 bits per heavy atom. The van der Waals surface area contributed by atoms with Crippen LogP contribution in [-0.4, -0.2) is 43.3 Å². The summed E-state index contributed by atoms with van der Waals surface area (Å²) < 4.78 is 21.3. The van der Waals surface area contributed by atoms with Gasteiger partial charge in [0.1, 0.15) is 23.1 Å². The topological polar surface area (TPSA) is 88.7 Å². The standard InChI is InChI=1S/C27H23FN6O2/c1-36-27-21(14-19(28)15-31-27)23-6-3-11-33(23)26-8-7-25-30-16-24(34(25)32-26)22-13-18(9-10-29-22)17-4-2-5-20(35)12-17/h2,4-5,7-10,12-16,23,35H,3,6,11H2,1H3/t23-/m1/s1. The fourth-order valence-electron chi connectivity index (χ4n) is 4.84. The molecule has 9 heteroatoms. The summed E-state index contributed by atoms with van der Waals surface area (Å²) in [4.78, 5) is 15.3. The number of hydrogen-bond acceptors (Lipinski definition) is 7. The molecule has 1 fully saturated rings. The Balaban J connectivity index is 1.40. The molecule has 6 rings (SSSR count). The Bertz CT molecular complexity index is 1570. The summed E-state index contributed by atoms with van der Waals surface area (Å²) in [7, 11) is 1.54. The quantitative estimate of drug-likeness (QED) is 0.375. The number of anilines is 1. The molecular weight excluding hydrogens is 459 g/mol. The van der Waals surface area contributed by atoms with E-state index in [0.717, 1.165) is 42.0 Å². The number of rotatable bonds is 5. The lowest BCUT2D eigenvalue weighted by atomic mass is 10.1. The summed E-state index contributed by atoms with van der Waals surface area (Å²) in [6.07, 6.45) is 6.43. The lowest BCUT2D eigenvalue weighted by molar-refractivity contribution is 0.385. The van der Waals surface area contributed by atoms with E-state index in [-0.39, 0.29) is 11.8 Å². The number of aromatic nitrogens is 5. The molecule has 0 unspecified atom stereocenters. The van der Waals surface area contributed by atoms with E-state index in [9.17, 15) is 9.50 Å². The average Bonchev–Trinajstić information content (AvgIpc) is 3.56. The molecule has 1 aromatic carbocycles. The van der Waals surface area contributed by atoms with Crippen LogP contribution in [0.3, 0.4) is 0 Å². The number of aromatic hydroxyl groups is 1. The van der Waals surface area contributed by atoms with Gasteiger partial charge in [-0.3, -0.25) is 4.98 Å². The molecule has 1 aliphatic rings. The summed E-state index contributed by atoms with van der Waals surface area (Å²) in [5.41, 5.74) is 4.67. The molecule has 0 aliphatic carbocycles. The number of imidazole rings is 1. The second-order valence-corrected chi connectivity index (χ2v) is 8.69. The second-order valence-electron chi connectivity index (χ2n) is 8.69. The first-order chi connectivity index (χ1) is 17.6. The van der Waals surface area contributed by atoms with Gasteiger partial charge in [-0.25, -0.2) is 18.9 Å². The fourth-order valence-corrected chi connectivity index (χ4v) is 4.84. The monoisotopic (exact) mass is 482 g/mol. The minimum Gasteiger partial charge on any atom is -0.508 e. The number of ether oxygens (including phenoxy) is 1. The molecule has 0 saturated carbocycles. The third-order valence-electron chi connectivity index (χ3n) is 6.49. The molecule has 180 valence electrons. The highest BCUT2D eigenvalue weighted by atomic mass is 19.1. The van der Waals surface area contributed by atoms with Gasteiger partial charge >= 0.3 is 0 Å². The van der Waals surface area contributed by atoms with Crippen LogP contribution in [0.25, 0.3) is 28.2 Å². The normalized spacial score (nSPS) is 15.5. The van der Waals surface area contributed by atoms with Gasteiger partial charge < -0.3 is 14.7 Å². The average molecular weight is 483 g/mol. The molecule has 5 aromatic rings. The van der Waals surface area contributed by atoms with Crippen LogP contribution in [0.5, 0.6) is 11.6 Å². The van der Waals surface area contributed by atoms with Crippen LogP contribution in [0.1, 0.15) is 24.4 Å². The van der Waals surface area contributed by atoms with E-state index in [0.29, 0.717) is 22.8 Å². The zero-order valence-corrected chi connectivity index (χ0v) is 19.5. The van der Waals surface area contributed by atoms with Crippen LogP contribution in [0, 0.1) is 5.82 Å². The van der Waals surface area contributed by atoms with Crippen molar-refractivity contribution >= 4 is 11.5 Å². The van der Waals surface area contributed by atoms with Crippen molar-refractivity contribution in [1.29, 1.82) is 0 Å². The van der Waals surface area contributed by atoms with E-state index in [2.05, 4.69) is 19.9 Å². The number of methoxy groups -OCH3 is 1. The van der Waals surface area contributed by atoms with E-state index < -0.39 is 5.82 Å². The molecular formula is C27H23FN6O2. The van der Waals surface area contributed by atoms with E-state index >= 15 is 0 Å². The van der Waals surface area contributed by atoms with Crippen LogP contribution in [0.4, 0.5) is 10.2 Å². The van der Waals surface area contributed by atoms with E-state index in [4.69, 9.17) is 9.84 Å². The Morgan fingerprint density at radius 2 is 1.89 bits per heavy atom. The maximum absolute atomic E-state index is 14.1. The first-order valence-corrected chi connectivity index (χ1v) is 11.7. The van der Waals surface area contributed by atoms with Crippen molar-refractivity contribution in [3.8, 4) is 34.1 Å². The van der Waals surface area contributed by atoms with Gasteiger partial charge in [-0.15, -0.1) is 5.10 Å². The van der Waals surface area contributed by atoms with E-state index in [1.165, 1.54) is 12.3 Å². The van der Waals surface area contributed by atoms with Gasteiger partial charge in [0.2, 0.25) is 5.88 Å². The van der Waals surface area contributed by atoms with Gasteiger partial charge in [0.25, 0.3) is 0 Å². The predicted octanol–water partition coefficient (Wildman–Crippen LogP) is 5.05. The van der Waals surface area contributed by atoms with Gasteiger partial charge in [-0.05, 0) is 66.4 Å². The molecule has 1 atom stereocenters. The van der Waals surface area contributed by atoms with Crippen molar-refractivity contribution < 1.29 is 14.2 Å². The number of phenolic OH excluding ortho intramolecular Hbond substituents is 1. The van der Waals surface area contributed by atoms with Gasteiger partial charge in [-0.1, -0.05) is 12.1 Å². The summed E-state index contributed by atoms with van der Waals surface area (Å²) in [5, 5.41) is 14.8. The highest BCUT2D eigenvalue weighted by molar-refractivity contribution is 5.71. The maximum atomic E-state index is 14.1. The summed E-state index contributed by atoms with van der Waals surface area (Å²) in [6, 6.07) is 16.2. The molecule has 1 N–H and O–H groups in total. The molecule has 0 bridgehead atoms. The number of nitrogens with zero attached hydrogens (tertiary/aromatic N) is 6. The predicted molar refractivity (Wildman–Crippen MR) is 133 cm³/mol. The summed E-state index contributed by atoms with van der Waals surface area (Å²) in [5.74, 6) is 0.985. The smallest absolute Gasteiger partial charge is 0.218 e. The van der Waals surface area contributed by atoms with E-state index in [1.54, 1.807) is 36.2 Å². The largest absolute Gasteiger partial charge is 0.508 e. The number of fused-ring (bicyclic) bond motifs is 1. The number of phenols is 1. The minimum absolute atomic E-state index is 0.104. The van der Waals surface area contributed by atoms with Crippen LogP contribution < -0.4 is 9.64 Å². The molecule has 0 amide bonds. The first kappa shape index (κ1) is 22.0. The van der Waals surface area contributed by atoms with Crippen molar-refractivity contribution in [3.63, 3.8) is 0 Å². The summed E-state index contributed by atoms with van der Waals surface area (Å²) in [6.45, 7) is 0.776. The molecule has 8 nitrogen and oxygen atoms in total. The molecule has 1 saturated heterocycles. The molecule has 0 spiro atoms. The van der Waals surface area contributed by atoms with Gasteiger partial charge in [0.15, 0.2) is 5.65 Å². The Morgan fingerprint density at radius 1 is 1.00 bits per heavy atom. The first-order valence-electron chi connectivity index (χ1n) is 11.7. The van der Waals surface area contributed by atoms with Crippen molar-refractivity contribution in [2.45, 2.75) is 18.9 Å². The third kappa shape index (κ3) is 3.88. The number of hydrogen-bond donors (Lipinski definition) is 1. The van der Waals surface area contributed by atoms with Crippen LogP contribution in [-0.2, 0) is 0 Å². The molecule has 36 heavy (non-hydrogen) atoms. The van der Waals surface area contributed by atoms with Gasteiger partial charge in [0, 0.05) is 18.3 Å². The van der Waals surface area contributed by atoms with Gasteiger partial charge in [-0.2, -0.15) is 0 Å². The van der Waals surface area contributed by atoms with Crippen molar-refractivity contribution in [3.05, 3.63) is 84.6 Å². The highest BCUT2D eigenvalue weighted by Crippen LogP contribution is 2.39. The Hall–Kier alpha value is -4.53. The van der Waals surface area contributed by atoms with Crippen molar-refractivity contribution in [1.82, 2.24) is 24.6 Å². The SMILES string of the molecule is COc1ncc(F)cc1[C@H]1CCCN1c1ccc2ncc(-c3cc(-c4cccc(O)c4)ccn3)n2n1. The zero-order chi connectivity index (χ0) is 24.6. The third-order valence-corrected chi connectivity index (χ3v) is 6.49. The minimum atomic E-state index is -0.393. The number of benzene rings is 1.